The van der Waals surface area contributed by atoms with Crippen LogP contribution in [-0.2, 0) is 21.9 Å². The van der Waals surface area contributed by atoms with Crippen LogP contribution in [0.3, 0.4) is 0 Å². The van der Waals surface area contributed by atoms with E-state index in [9.17, 15) is 23.7 Å². The molecule has 4 fully saturated rings. The number of piperazine rings is 1. The van der Waals surface area contributed by atoms with Gasteiger partial charge in [-0.2, -0.15) is 9.27 Å². The molecule has 7 aromatic rings. The summed E-state index contributed by atoms with van der Waals surface area (Å²) in [6.07, 6.45) is 9.99. The van der Waals surface area contributed by atoms with Crippen molar-refractivity contribution in [3.8, 4) is 17.4 Å². The summed E-state index contributed by atoms with van der Waals surface area (Å²) in [6.45, 7) is 14.7. The summed E-state index contributed by atoms with van der Waals surface area (Å²) in [5.41, 5.74) is 9.97. The number of aromatic nitrogens is 4. The summed E-state index contributed by atoms with van der Waals surface area (Å²) < 4.78 is 46.7. The van der Waals surface area contributed by atoms with Crippen LogP contribution in [0.1, 0.15) is 117 Å². The molecule has 4 aromatic carbocycles. The Morgan fingerprint density at radius 2 is 1.75 bits per heavy atom. The van der Waals surface area contributed by atoms with E-state index < -0.39 is 28.4 Å². The first-order valence-corrected chi connectivity index (χ1v) is 28.8. The summed E-state index contributed by atoms with van der Waals surface area (Å²) in [6, 6.07) is 27.0. The highest BCUT2D eigenvalue weighted by Crippen LogP contribution is 2.54. The third-order valence-electron chi connectivity index (χ3n) is 17.3. The molecule has 2 atom stereocenters. The highest BCUT2D eigenvalue weighted by atomic mass is 32.2. The van der Waals surface area contributed by atoms with Gasteiger partial charge < -0.3 is 45.0 Å². The van der Waals surface area contributed by atoms with Crippen molar-refractivity contribution in [1.82, 2.24) is 35.2 Å². The molecule has 2 saturated carbocycles. The maximum absolute atomic E-state index is 15.0. The van der Waals surface area contributed by atoms with Crippen LogP contribution in [0.25, 0.3) is 22.1 Å². The molecule has 2 aliphatic heterocycles. The van der Waals surface area contributed by atoms with Gasteiger partial charge in [-0.05, 0) is 124 Å². The first-order valence-electron chi connectivity index (χ1n) is 27.7. The van der Waals surface area contributed by atoms with Gasteiger partial charge in [-0.3, -0.25) is 14.6 Å². The average Bonchev–Trinajstić information content (AvgIpc) is 4.18. The fourth-order valence-corrected chi connectivity index (χ4v) is 13.4. The lowest BCUT2D eigenvalue weighted by Gasteiger charge is -2.58. The van der Waals surface area contributed by atoms with Gasteiger partial charge in [0.2, 0.25) is 11.1 Å². The minimum Gasteiger partial charge on any atom is -0.758 e. The number of imidazole rings is 1. The molecule has 5 N–H and O–H groups in total. The number of aliphatic hydroxyl groups is 1. The number of anilines is 3. The van der Waals surface area contributed by atoms with E-state index in [1.165, 1.54) is 61.1 Å². The Morgan fingerprint density at radius 3 is 2.48 bits per heavy atom. The van der Waals surface area contributed by atoms with Crippen LogP contribution in [0.5, 0.6) is 17.4 Å². The monoisotopic (exact) mass is 1100 g/mol. The summed E-state index contributed by atoms with van der Waals surface area (Å²) in [4.78, 5) is 36.8. The van der Waals surface area contributed by atoms with Gasteiger partial charge in [0.05, 0.1) is 51.8 Å². The van der Waals surface area contributed by atoms with Crippen molar-refractivity contribution in [2.75, 3.05) is 68.7 Å². The maximum Gasteiger partial charge on any atom is 0.279 e. The van der Waals surface area contributed by atoms with Crippen molar-refractivity contribution in [1.29, 1.82) is 0 Å². The number of H-pyrrole nitrogens is 2. The second-order valence-electron chi connectivity index (χ2n) is 23.1. The number of benzene rings is 4. The number of hydroxylamine groups is 2. The molecular weight excluding hydrogens is 1020 g/mol. The number of carbonyl (C=O) groups is 1. The van der Waals surface area contributed by atoms with E-state index in [4.69, 9.17) is 13.8 Å². The van der Waals surface area contributed by atoms with Crippen LogP contribution >= 0.6 is 0 Å². The van der Waals surface area contributed by atoms with Crippen LogP contribution in [0.15, 0.2) is 96.3 Å². The highest BCUT2D eigenvalue weighted by Gasteiger charge is 2.50. The number of nitrogens with one attached hydrogen (secondary N) is 4. The van der Waals surface area contributed by atoms with Crippen LogP contribution in [0.2, 0.25) is 0 Å². The average molecular weight is 1100 g/mol. The fraction of sp³-hybridized carbons (Fsp3) is 0.450. The Kier molecular flexibility index (Phi) is 15.5. The lowest BCUT2D eigenvalue weighted by Crippen LogP contribution is -2.60. The van der Waals surface area contributed by atoms with E-state index >= 15 is 0 Å². The van der Waals surface area contributed by atoms with Crippen molar-refractivity contribution < 1.29 is 32.3 Å². The van der Waals surface area contributed by atoms with E-state index in [2.05, 4.69) is 115 Å². The van der Waals surface area contributed by atoms with Crippen molar-refractivity contribution in [3.05, 3.63) is 130 Å². The number of ether oxygens (including phenoxy) is 2. The first kappa shape index (κ1) is 54.4. The Hall–Kier alpha value is -6.61. The third kappa shape index (κ3) is 11.4. The predicted octanol–water partition coefficient (Wildman–Crippen LogP) is 10.8. The summed E-state index contributed by atoms with van der Waals surface area (Å²) >= 11 is -2.35. The first-order chi connectivity index (χ1) is 38.0. The molecule has 1 unspecified atom stereocenters. The minimum absolute atomic E-state index is 0.0361. The van der Waals surface area contributed by atoms with Gasteiger partial charge in [-0.25, -0.2) is 19.1 Å². The topological polar surface area (TPSA) is 200 Å². The zero-order valence-electron chi connectivity index (χ0n) is 45.9. The van der Waals surface area contributed by atoms with E-state index in [0.29, 0.717) is 53.7 Å². The Morgan fingerprint density at radius 1 is 0.987 bits per heavy atom. The van der Waals surface area contributed by atoms with Crippen molar-refractivity contribution in [2.45, 2.75) is 114 Å². The minimum atomic E-state index is -2.35. The molecule has 1 spiro atoms. The second-order valence-corrected chi connectivity index (χ2v) is 24.2. The quantitative estimate of drug-likeness (QED) is 0.0540. The molecular formula is C60H72FN10O7S-. The van der Waals surface area contributed by atoms with Gasteiger partial charge in [0.25, 0.3) is 11.8 Å². The second kappa shape index (κ2) is 22.5. The number of aryl methyl sites for hydroxylation is 1. The fourth-order valence-electron chi connectivity index (χ4n) is 12.7. The van der Waals surface area contributed by atoms with E-state index in [1.807, 2.05) is 13.0 Å². The molecule has 11 rings (SSSR count). The summed E-state index contributed by atoms with van der Waals surface area (Å²) in [5.74, 6) is -0.350. The number of hydrogen-bond donors (Lipinski definition) is 5. The van der Waals surface area contributed by atoms with E-state index in [0.717, 1.165) is 83.5 Å². The van der Waals surface area contributed by atoms with E-state index in [-0.39, 0.29) is 61.4 Å². The molecule has 17 nitrogen and oxygen atoms in total. The number of hydrogen-bond acceptors (Lipinski definition) is 14. The van der Waals surface area contributed by atoms with Crippen LogP contribution < -0.4 is 30.2 Å². The molecule has 0 bridgehead atoms. The number of halogens is 1. The maximum atomic E-state index is 15.0. The van der Waals surface area contributed by atoms with Gasteiger partial charge in [-0.1, -0.05) is 67.9 Å². The molecule has 0 radical (unpaired) electrons. The van der Waals surface area contributed by atoms with Gasteiger partial charge in [0.1, 0.15) is 22.7 Å². The predicted molar refractivity (Wildman–Crippen MR) is 306 cm³/mol. The van der Waals surface area contributed by atoms with Gasteiger partial charge in [0, 0.05) is 81.9 Å². The van der Waals surface area contributed by atoms with E-state index in [1.54, 1.807) is 12.1 Å². The SMILES string of the molecule is COc1nc2[nH]cc(F)c2cc1Oc1cc(N2CCC3(CC2)CC(N2CCN(Cc4ccc(C)cc4)C[C@H]2c2ccccc2C(C)C)C3)ccc1C(=O)NOS(=O)c1cc(N(C)[O-])c(NCC2CCC(C)(O)CC2)c2[nH]cnc12. The number of nitrogens with zero attached hydrogens (tertiary/aromatic N) is 6. The number of amides is 1. The zero-order chi connectivity index (χ0) is 55.2. The Bertz CT molecular complexity index is 3340. The highest BCUT2D eigenvalue weighted by molar-refractivity contribution is 7.80. The molecule has 19 heteroatoms. The van der Waals surface area contributed by atoms with Crippen molar-refractivity contribution >= 4 is 56.1 Å². The smallest absolute Gasteiger partial charge is 0.279 e. The van der Waals surface area contributed by atoms with Gasteiger partial charge in [-0.15, -0.1) is 0 Å². The molecule has 1 amide bonds. The van der Waals surface area contributed by atoms with Crippen LogP contribution in [-0.4, -0.2) is 110 Å². The number of methoxy groups -OCH3 is 1. The van der Waals surface area contributed by atoms with Crippen molar-refractivity contribution in [3.63, 3.8) is 0 Å². The number of aromatic amines is 2. The number of pyridine rings is 1. The van der Waals surface area contributed by atoms with Gasteiger partial charge >= 0.3 is 0 Å². The van der Waals surface area contributed by atoms with Crippen LogP contribution in [0, 0.1) is 29.3 Å². The number of piperidine rings is 1. The number of rotatable bonds is 17. The van der Waals surface area contributed by atoms with Crippen molar-refractivity contribution in [2.24, 2.45) is 11.3 Å². The number of carbonyl (C=O) groups excluding carboxylic acids is 1. The molecule has 4 aliphatic rings. The summed E-state index contributed by atoms with van der Waals surface area (Å²) in [5, 5.41) is 27.8. The Balaban J connectivity index is 0.798. The zero-order valence-corrected chi connectivity index (χ0v) is 46.8. The Labute approximate surface area is 463 Å². The molecule has 5 heterocycles. The summed E-state index contributed by atoms with van der Waals surface area (Å²) in [7, 11) is 2.77. The lowest BCUT2D eigenvalue weighted by atomic mass is 9.59. The molecule has 2 saturated heterocycles. The van der Waals surface area contributed by atoms with Gasteiger partial charge in [0.15, 0.2) is 5.75 Å². The normalized spacial score (nSPS) is 21.4. The molecule has 79 heavy (non-hydrogen) atoms. The standard InChI is InChI=1S/C60H72FN10O7S/c1-37(2)43-9-7-8-10-44(43)49-35-69(34-40-13-11-38(3)12-14-40)25-26-71(49)42-30-60(31-42)21-23-70(24-22-60)41-15-16-45(50(27-41)77-51-28-46-47(61)33-63-56(46)66-58(51)76-6)57(72)67-78-79(75)52-29-48(68(5)74)53(55-54(52)64-36-65-55)62-32-39-17-19-59(4,73)20-18-39/h7-16,27-29,33,36-37,39,42,49,62,73H,17-26,30-32,34-35H2,1-6H3,(H,63,66)(H,64,65)(H,67,72)/q-1/t39?,49-,59?,79?/m0/s1. The lowest BCUT2D eigenvalue weighted by molar-refractivity contribution is -0.0628. The molecule has 3 aromatic heterocycles. The molecule has 2 aliphatic carbocycles. The molecule has 418 valence electrons. The number of fused-ring (bicyclic) bond motifs is 2. The van der Waals surface area contributed by atoms with Crippen LogP contribution in [0.4, 0.5) is 21.5 Å². The largest absolute Gasteiger partial charge is 0.758 e. The third-order valence-corrected chi connectivity index (χ3v) is 18.2.